The minimum Gasteiger partial charge on any atom is -0.349 e. The van der Waals surface area contributed by atoms with Gasteiger partial charge in [0, 0.05) is 76.4 Å². The van der Waals surface area contributed by atoms with Crippen molar-refractivity contribution in [2.45, 2.75) is 13.5 Å². The van der Waals surface area contributed by atoms with Crippen LogP contribution in [0.3, 0.4) is 0 Å². The van der Waals surface area contributed by atoms with E-state index in [1.807, 2.05) is 41.0 Å². The molecule has 0 radical (unpaired) electrons. The molecule has 3 aromatic rings. The number of hydrogen-bond acceptors (Lipinski definition) is 5. The SMILES string of the molecule is Cc1cc(-c2nc(C(=O)NCCN3CCN(C)CC3)cn2Cc2ccccc2)cn(C)c1=O. The fourth-order valence-corrected chi connectivity index (χ4v) is 4.15. The highest BCUT2D eigenvalue weighted by molar-refractivity contribution is 5.92. The average molecular weight is 449 g/mol. The molecule has 0 spiro atoms. The van der Waals surface area contributed by atoms with E-state index in [9.17, 15) is 9.59 Å². The lowest BCUT2D eigenvalue weighted by atomic mass is 10.2. The molecule has 174 valence electrons. The number of nitrogens with zero attached hydrogens (tertiary/aromatic N) is 5. The van der Waals surface area contributed by atoms with E-state index >= 15 is 0 Å². The fourth-order valence-electron chi connectivity index (χ4n) is 4.15. The summed E-state index contributed by atoms with van der Waals surface area (Å²) in [4.78, 5) is 34.4. The van der Waals surface area contributed by atoms with Gasteiger partial charge in [-0.2, -0.15) is 0 Å². The van der Waals surface area contributed by atoms with Crippen molar-refractivity contribution in [2.24, 2.45) is 7.05 Å². The molecule has 0 atom stereocenters. The fraction of sp³-hybridized carbons (Fsp3) is 0.400. The topological polar surface area (TPSA) is 75.4 Å². The molecule has 1 aliphatic rings. The van der Waals surface area contributed by atoms with Crippen molar-refractivity contribution in [3.63, 3.8) is 0 Å². The van der Waals surface area contributed by atoms with Gasteiger partial charge in [0.1, 0.15) is 11.5 Å². The Hall–Kier alpha value is -3.23. The summed E-state index contributed by atoms with van der Waals surface area (Å²) >= 11 is 0. The molecule has 1 fully saturated rings. The van der Waals surface area contributed by atoms with Crippen LogP contribution in [0, 0.1) is 6.92 Å². The highest BCUT2D eigenvalue weighted by Crippen LogP contribution is 2.20. The standard InChI is InChI=1S/C25H32N6O2/c1-19-15-21(17-29(3)25(19)33)23-27-22(18-31(23)16-20-7-5-4-6-8-20)24(32)26-9-10-30-13-11-28(2)12-14-30/h4-8,15,17-18H,9-14,16H2,1-3H3,(H,26,32). The number of carbonyl (C=O) groups is 1. The Labute approximate surface area is 194 Å². The first-order valence-corrected chi connectivity index (χ1v) is 11.4. The van der Waals surface area contributed by atoms with Crippen LogP contribution < -0.4 is 10.9 Å². The minimum atomic E-state index is -0.182. The Morgan fingerprint density at radius 1 is 1.06 bits per heavy atom. The first-order valence-electron chi connectivity index (χ1n) is 11.4. The van der Waals surface area contributed by atoms with Gasteiger partial charge < -0.3 is 19.4 Å². The highest BCUT2D eigenvalue weighted by Gasteiger charge is 2.18. The Morgan fingerprint density at radius 2 is 1.79 bits per heavy atom. The lowest BCUT2D eigenvalue weighted by molar-refractivity contribution is 0.0936. The number of benzene rings is 1. The molecular weight excluding hydrogens is 416 g/mol. The molecule has 1 amide bonds. The van der Waals surface area contributed by atoms with Crippen LogP contribution in [0.25, 0.3) is 11.4 Å². The molecule has 1 N–H and O–H groups in total. The number of amides is 1. The zero-order valence-electron chi connectivity index (χ0n) is 19.6. The molecule has 1 aliphatic heterocycles. The minimum absolute atomic E-state index is 0.0400. The second-order valence-corrected chi connectivity index (χ2v) is 8.79. The van der Waals surface area contributed by atoms with Gasteiger partial charge in [-0.15, -0.1) is 0 Å². The van der Waals surface area contributed by atoms with Crippen LogP contribution in [0.5, 0.6) is 0 Å². The van der Waals surface area contributed by atoms with Crippen molar-refractivity contribution in [1.29, 1.82) is 0 Å². The van der Waals surface area contributed by atoms with Gasteiger partial charge in [-0.25, -0.2) is 4.98 Å². The number of piperazine rings is 1. The van der Waals surface area contributed by atoms with E-state index in [2.05, 4.69) is 27.1 Å². The number of aryl methyl sites for hydroxylation is 2. The lowest BCUT2D eigenvalue weighted by Crippen LogP contribution is -2.46. The van der Waals surface area contributed by atoms with E-state index < -0.39 is 0 Å². The number of nitrogens with one attached hydrogen (secondary N) is 1. The number of pyridine rings is 1. The maximum atomic E-state index is 12.9. The molecule has 0 bridgehead atoms. The molecule has 3 heterocycles. The predicted molar refractivity (Wildman–Crippen MR) is 129 cm³/mol. The number of aromatic nitrogens is 3. The van der Waals surface area contributed by atoms with Crippen molar-refractivity contribution in [3.05, 3.63) is 76.0 Å². The lowest BCUT2D eigenvalue weighted by Gasteiger charge is -2.32. The summed E-state index contributed by atoms with van der Waals surface area (Å²) in [5, 5.41) is 3.02. The van der Waals surface area contributed by atoms with Crippen molar-refractivity contribution < 1.29 is 4.79 Å². The van der Waals surface area contributed by atoms with Gasteiger partial charge >= 0.3 is 0 Å². The van der Waals surface area contributed by atoms with Crippen LogP contribution >= 0.6 is 0 Å². The zero-order chi connectivity index (χ0) is 23.4. The monoisotopic (exact) mass is 448 g/mol. The first kappa shape index (κ1) is 22.9. The van der Waals surface area contributed by atoms with E-state index in [0.29, 0.717) is 30.2 Å². The second-order valence-electron chi connectivity index (χ2n) is 8.79. The molecule has 8 nitrogen and oxygen atoms in total. The van der Waals surface area contributed by atoms with E-state index in [-0.39, 0.29) is 11.5 Å². The van der Waals surface area contributed by atoms with Gasteiger partial charge in [-0.3, -0.25) is 14.5 Å². The van der Waals surface area contributed by atoms with Gasteiger partial charge in [0.25, 0.3) is 11.5 Å². The smallest absolute Gasteiger partial charge is 0.271 e. The van der Waals surface area contributed by atoms with Gasteiger partial charge in [-0.1, -0.05) is 30.3 Å². The van der Waals surface area contributed by atoms with Crippen LogP contribution in [0.1, 0.15) is 21.6 Å². The molecule has 2 aromatic heterocycles. The van der Waals surface area contributed by atoms with E-state index in [4.69, 9.17) is 0 Å². The second kappa shape index (κ2) is 10.1. The third kappa shape index (κ3) is 5.58. The maximum Gasteiger partial charge on any atom is 0.271 e. The number of likely N-dealkylation sites (N-methyl/N-ethyl adjacent to an activating group) is 1. The molecule has 1 saturated heterocycles. The summed E-state index contributed by atoms with van der Waals surface area (Å²) in [6.07, 6.45) is 3.57. The first-order chi connectivity index (χ1) is 15.9. The Bertz CT molecular complexity index is 1130. The third-order valence-electron chi connectivity index (χ3n) is 6.14. The maximum absolute atomic E-state index is 12.9. The Morgan fingerprint density at radius 3 is 2.48 bits per heavy atom. The Kier molecular flexibility index (Phi) is 7.05. The summed E-state index contributed by atoms with van der Waals surface area (Å²) in [5.74, 6) is 0.487. The predicted octanol–water partition coefficient (Wildman–Crippen LogP) is 1.58. The molecule has 8 heteroatoms. The molecule has 1 aromatic carbocycles. The van der Waals surface area contributed by atoms with E-state index in [0.717, 1.165) is 43.9 Å². The molecule has 4 rings (SSSR count). The number of hydrogen-bond donors (Lipinski definition) is 1. The van der Waals surface area contributed by atoms with Crippen molar-refractivity contribution in [3.8, 4) is 11.4 Å². The van der Waals surface area contributed by atoms with Gasteiger partial charge in [0.15, 0.2) is 0 Å². The van der Waals surface area contributed by atoms with Crippen LogP contribution in [-0.4, -0.2) is 76.1 Å². The van der Waals surface area contributed by atoms with Crippen LogP contribution in [-0.2, 0) is 13.6 Å². The van der Waals surface area contributed by atoms with Crippen LogP contribution in [0.4, 0.5) is 0 Å². The van der Waals surface area contributed by atoms with Crippen LogP contribution in [0.15, 0.2) is 53.6 Å². The Balaban J connectivity index is 1.54. The van der Waals surface area contributed by atoms with E-state index in [1.165, 1.54) is 0 Å². The van der Waals surface area contributed by atoms with Gasteiger partial charge in [0.05, 0.1) is 0 Å². The van der Waals surface area contributed by atoms with Crippen LogP contribution in [0.2, 0.25) is 0 Å². The molecule has 33 heavy (non-hydrogen) atoms. The number of imidazole rings is 1. The number of rotatable bonds is 7. The van der Waals surface area contributed by atoms with Gasteiger partial charge in [0.2, 0.25) is 0 Å². The highest BCUT2D eigenvalue weighted by atomic mass is 16.2. The molecular formula is C25H32N6O2. The number of carbonyl (C=O) groups excluding carboxylic acids is 1. The summed E-state index contributed by atoms with van der Waals surface area (Å²) < 4.78 is 3.53. The quantitative estimate of drug-likeness (QED) is 0.594. The van der Waals surface area contributed by atoms with Crippen molar-refractivity contribution in [1.82, 2.24) is 29.2 Å². The average Bonchev–Trinajstić information content (AvgIpc) is 3.23. The summed E-state index contributed by atoms with van der Waals surface area (Å²) in [5.41, 5.74) is 2.90. The van der Waals surface area contributed by atoms with Gasteiger partial charge in [-0.05, 0) is 25.6 Å². The van der Waals surface area contributed by atoms with E-state index in [1.54, 1.807) is 30.9 Å². The summed E-state index contributed by atoms with van der Waals surface area (Å²) in [7, 11) is 3.86. The molecule has 0 aliphatic carbocycles. The van der Waals surface area contributed by atoms with Crippen molar-refractivity contribution >= 4 is 5.91 Å². The van der Waals surface area contributed by atoms with Crippen molar-refractivity contribution in [2.75, 3.05) is 46.3 Å². The molecule has 0 saturated carbocycles. The zero-order valence-corrected chi connectivity index (χ0v) is 19.6. The largest absolute Gasteiger partial charge is 0.349 e. The summed E-state index contributed by atoms with van der Waals surface area (Å²) in [6, 6.07) is 11.9. The normalized spacial score (nSPS) is 15.0. The summed E-state index contributed by atoms with van der Waals surface area (Å²) in [6.45, 7) is 7.95. The third-order valence-corrected chi connectivity index (χ3v) is 6.14. The molecule has 0 unspecified atom stereocenters.